The molecule has 0 saturated heterocycles. The SMILES string of the molecule is Nc1cnc(Oc2ccc(F)c(Br)c2)c(Br)c1. The molecule has 0 bridgehead atoms. The molecule has 0 saturated carbocycles. The summed E-state index contributed by atoms with van der Waals surface area (Å²) in [7, 11) is 0. The van der Waals surface area contributed by atoms with Crippen LogP contribution in [0, 0.1) is 5.82 Å². The summed E-state index contributed by atoms with van der Waals surface area (Å²) in [4.78, 5) is 4.02. The lowest BCUT2D eigenvalue weighted by Gasteiger charge is -2.07. The number of pyridine rings is 1. The van der Waals surface area contributed by atoms with Crippen molar-refractivity contribution in [2.75, 3.05) is 5.73 Å². The molecule has 0 aliphatic rings. The Morgan fingerprint density at radius 3 is 2.59 bits per heavy atom. The van der Waals surface area contributed by atoms with Crippen molar-refractivity contribution in [1.82, 2.24) is 4.98 Å². The van der Waals surface area contributed by atoms with Crippen molar-refractivity contribution in [1.29, 1.82) is 0 Å². The molecule has 0 radical (unpaired) electrons. The molecule has 2 rings (SSSR count). The number of nitrogen functional groups attached to an aromatic ring is 1. The van der Waals surface area contributed by atoms with Crippen LogP contribution in [0.4, 0.5) is 10.1 Å². The van der Waals surface area contributed by atoms with Gasteiger partial charge in [0.25, 0.3) is 0 Å². The zero-order valence-electron chi connectivity index (χ0n) is 8.45. The zero-order valence-corrected chi connectivity index (χ0v) is 11.6. The minimum absolute atomic E-state index is 0.335. The van der Waals surface area contributed by atoms with E-state index < -0.39 is 0 Å². The van der Waals surface area contributed by atoms with Gasteiger partial charge in [-0.3, -0.25) is 0 Å². The smallest absolute Gasteiger partial charge is 0.233 e. The van der Waals surface area contributed by atoms with Crippen LogP contribution in [0.5, 0.6) is 11.6 Å². The van der Waals surface area contributed by atoms with Gasteiger partial charge in [0.05, 0.1) is 20.8 Å². The lowest BCUT2D eigenvalue weighted by atomic mass is 10.3. The molecule has 6 heteroatoms. The Morgan fingerprint density at radius 1 is 1.18 bits per heavy atom. The van der Waals surface area contributed by atoms with Crippen molar-refractivity contribution >= 4 is 37.5 Å². The van der Waals surface area contributed by atoms with Gasteiger partial charge >= 0.3 is 0 Å². The van der Waals surface area contributed by atoms with Gasteiger partial charge < -0.3 is 10.5 Å². The molecule has 2 aromatic rings. The molecular weight excluding hydrogens is 355 g/mol. The van der Waals surface area contributed by atoms with E-state index in [0.717, 1.165) is 0 Å². The number of benzene rings is 1. The van der Waals surface area contributed by atoms with Crippen molar-refractivity contribution in [2.24, 2.45) is 0 Å². The number of ether oxygens (including phenoxy) is 1. The van der Waals surface area contributed by atoms with E-state index in [2.05, 4.69) is 36.8 Å². The first-order valence-electron chi connectivity index (χ1n) is 4.60. The number of nitrogens with two attached hydrogens (primary N) is 1. The highest BCUT2D eigenvalue weighted by Crippen LogP contribution is 2.30. The van der Waals surface area contributed by atoms with Gasteiger partial charge in [0.1, 0.15) is 11.6 Å². The third-order valence-corrected chi connectivity index (χ3v) is 3.11. The summed E-state index contributed by atoms with van der Waals surface area (Å²) in [6.45, 7) is 0. The highest BCUT2D eigenvalue weighted by molar-refractivity contribution is 9.10. The fraction of sp³-hybridized carbons (Fsp3) is 0. The molecule has 2 N–H and O–H groups in total. The Kier molecular flexibility index (Phi) is 3.63. The van der Waals surface area contributed by atoms with Crippen molar-refractivity contribution in [3.8, 4) is 11.6 Å². The topological polar surface area (TPSA) is 48.1 Å². The van der Waals surface area contributed by atoms with Gasteiger partial charge in [0.2, 0.25) is 5.88 Å². The van der Waals surface area contributed by atoms with Gasteiger partial charge in [-0.05, 0) is 56.1 Å². The lowest BCUT2D eigenvalue weighted by molar-refractivity contribution is 0.457. The van der Waals surface area contributed by atoms with Crippen molar-refractivity contribution in [2.45, 2.75) is 0 Å². The van der Waals surface area contributed by atoms with E-state index in [1.54, 1.807) is 6.07 Å². The van der Waals surface area contributed by atoms with E-state index >= 15 is 0 Å². The lowest BCUT2D eigenvalue weighted by Crippen LogP contribution is -1.92. The molecule has 0 amide bonds. The predicted molar refractivity (Wildman–Crippen MR) is 70.5 cm³/mol. The molecule has 3 nitrogen and oxygen atoms in total. The van der Waals surface area contributed by atoms with E-state index in [0.29, 0.717) is 26.3 Å². The monoisotopic (exact) mass is 360 g/mol. The highest BCUT2D eigenvalue weighted by Gasteiger charge is 2.07. The van der Waals surface area contributed by atoms with E-state index in [1.807, 2.05) is 0 Å². The average Bonchev–Trinajstić information content (AvgIpc) is 2.27. The van der Waals surface area contributed by atoms with Gasteiger partial charge in [-0.15, -0.1) is 0 Å². The summed E-state index contributed by atoms with van der Waals surface area (Å²) >= 11 is 6.37. The van der Waals surface area contributed by atoms with Crippen LogP contribution >= 0.6 is 31.9 Å². The summed E-state index contributed by atoms with van der Waals surface area (Å²) < 4.78 is 19.5. The number of hydrogen-bond donors (Lipinski definition) is 1. The maximum Gasteiger partial charge on any atom is 0.233 e. The molecular formula is C11H7Br2FN2O. The molecule has 0 aliphatic heterocycles. The average molecular weight is 362 g/mol. The minimum Gasteiger partial charge on any atom is -0.438 e. The third-order valence-electron chi connectivity index (χ3n) is 1.93. The standard InChI is InChI=1S/C11H7Br2FN2O/c12-8-4-7(1-2-10(8)14)17-11-9(13)3-6(15)5-16-11/h1-5H,15H2. The van der Waals surface area contributed by atoms with E-state index in [-0.39, 0.29) is 5.82 Å². The highest BCUT2D eigenvalue weighted by atomic mass is 79.9. The number of aromatic nitrogens is 1. The zero-order chi connectivity index (χ0) is 12.4. The number of rotatable bonds is 2. The molecule has 0 fully saturated rings. The molecule has 0 spiro atoms. The predicted octanol–water partition coefficient (Wildman–Crippen LogP) is 4.12. The summed E-state index contributed by atoms with van der Waals surface area (Å²) in [6, 6.07) is 6.04. The second-order valence-corrected chi connectivity index (χ2v) is 4.94. The maximum atomic E-state index is 13.0. The van der Waals surface area contributed by atoms with Crippen LogP contribution in [-0.4, -0.2) is 4.98 Å². The second-order valence-electron chi connectivity index (χ2n) is 3.23. The van der Waals surface area contributed by atoms with Crippen LogP contribution in [0.3, 0.4) is 0 Å². The number of nitrogens with zero attached hydrogens (tertiary/aromatic N) is 1. The molecule has 88 valence electrons. The first-order valence-corrected chi connectivity index (χ1v) is 6.19. The molecule has 1 aromatic heterocycles. The second kappa shape index (κ2) is 5.01. The fourth-order valence-electron chi connectivity index (χ4n) is 1.17. The van der Waals surface area contributed by atoms with Crippen LogP contribution in [0.1, 0.15) is 0 Å². The summed E-state index contributed by atoms with van der Waals surface area (Å²) in [6.07, 6.45) is 1.48. The quantitative estimate of drug-likeness (QED) is 0.875. The van der Waals surface area contributed by atoms with Crippen LogP contribution < -0.4 is 10.5 Å². The van der Waals surface area contributed by atoms with Gasteiger partial charge in [0.15, 0.2) is 0 Å². The van der Waals surface area contributed by atoms with Crippen LogP contribution in [-0.2, 0) is 0 Å². The maximum absolute atomic E-state index is 13.0. The molecule has 1 aromatic carbocycles. The molecule has 0 atom stereocenters. The first-order chi connectivity index (χ1) is 8.06. The Hall–Kier alpha value is -1.14. The van der Waals surface area contributed by atoms with Crippen molar-refractivity contribution < 1.29 is 9.13 Å². The van der Waals surface area contributed by atoms with Crippen molar-refractivity contribution in [3.63, 3.8) is 0 Å². The Balaban J connectivity index is 2.28. The number of anilines is 1. The fourth-order valence-corrected chi connectivity index (χ4v) is 1.97. The molecule has 1 heterocycles. The van der Waals surface area contributed by atoms with Crippen LogP contribution in [0.2, 0.25) is 0 Å². The third kappa shape index (κ3) is 2.95. The summed E-state index contributed by atoms with van der Waals surface area (Å²) in [5.74, 6) is 0.510. The molecule has 0 aliphatic carbocycles. The molecule has 0 unspecified atom stereocenters. The minimum atomic E-state index is -0.346. The van der Waals surface area contributed by atoms with E-state index in [1.165, 1.54) is 24.4 Å². The summed E-state index contributed by atoms with van der Waals surface area (Å²) in [5, 5.41) is 0. The van der Waals surface area contributed by atoms with Gasteiger partial charge in [-0.25, -0.2) is 9.37 Å². The molecule has 17 heavy (non-hydrogen) atoms. The van der Waals surface area contributed by atoms with Crippen LogP contribution in [0.25, 0.3) is 0 Å². The Bertz CT molecular complexity index is 563. The van der Waals surface area contributed by atoms with Gasteiger partial charge in [0, 0.05) is 0 Å². The van der Waals surface area contributed by atoms with E-state index in [4.69, 9.17) is 10.5 Å². The first kappa shape index (κ1) is 12.3. The summed E-state index contributed by atoms with van der Waals surface area (Å²) in [5.41, 5.74) is 6.09. The van der Waals surface area contributed by atoms with E-state index in [9.17, 15) is 4.39 Å². The van der Waals surface area contributed by atoms with Crippen LogP contribution in [0.15, 0.2) is 39.4 Å². The van der Waals surface area contributed by atoms with Crippen molar-refractivity contribution in [3.05, 3.63) is 45.2 Å². The van der Waals surface area contributed by atoms with Gasteiger partial charge in [-0.2, -0.15) is 0 Å². The number of halogens is 3. The number of hydrogen-bond acceptors (Lipinski definition) is 3. The van der Waals surface area contributed by atoms with Gasteiger partial charge in [-0.1, -0.05) is 0 Å². The Labute approximate surface area is 114 Å². The Morgan fingerprint density at radius 2 is 1.94 bits per heavy atom. The normalized spacial score (nSPS) is 10.3. The largest absolute Gasteiger partial charge is 0.438 e.